The number of benzene rings is 2. The van der Waals surface area contributed by atoms with Crippen molar-refractivity contribution in [2.75, 3.05) is 0 Å². The van der Waals surface area contributed by atoms with Crippen LogP contribution in [0.15, 0.2) is 60.8 Å². The van der Waals surface area contributed by atoms with Gasteiger partial charge in [0.25, 0.3) is 0 Å². The maximum absolute atomic E-state index is 3.28. The van der Waals surface area contributed by atoms with Crippen molar-refractivity contribution < 1.29 is 0 Å². The van der Waals surface area contributed by atoms with E-state index < -0.39 is 0 Å². The molecule has 80 valence electrons. The minimum Gasteiger partial charge on any atom is -0.361 e. The average molecular weight is 217 g/mol. The summed E-state index contributed by atoms with van der Waals surface area (Å²) in [6.45, 7) is 0. The zero-order valence-electron chi connectivity index (χ0n) is 9.27. The van der Waals surface area contributed by atoms with Gasteiger partial charge in [-0.3, -0.25) is 0 Å². The van der Waals surface area contributed by atoms with Gasteiger partial charge in [-0.05, 0) is 33.7 Å². The summed E-state index contributed by atoms with van der Waals surface area (Å²) in [5.74, 6) is 0. The van der Waals surface area contributed by atoms with Crippen LogP contribution in [0.5, 0.6) is 0 Å². The minimum absolute atomic E-state index is 1.19. The Balaban J connectivity index is 2.34. The fourth-order valence-electron chi connectivity index (χ4n) is 2.64. The fraction of sp³-hybridized carbons (Fsp3) is 0. The van der Waals surface area contributed by atoms with E-state index >= 15 is 0 Å². The summed E-state index contributed by atoms with van der Waals surface area (Å²) in [5.41, 5.74) is 1.19. The molecule has 0 radical (unpaired) electrons. The molecule has 0 aliphatic heterocycles. The Morgan fingerprint density at radius 3 is 2.41 bits per heavy atom. The molecule has 1 nitrogen and oxygen atoms in total. The summed E-state index contributed by atoms with van der Waals surface area (Å²) >= 11 is 0. The third kappa shape index (κ3) is 1.14. The molecule has 0 spiro atoms. The molecule has 17 heavy (non-hydrogen) atoms. The number of aromatic amines is 1. The van der Waals surface area contributed by atoms with Crippen molar-refractivity contribution in [3.8, 4) is 0 Å². The predicted molar refractivity (Wildman–Crippen MR) is 73.3 cm³/mol. The van der Waals surface area contributed by atoms with Crippen molar-refractivity contribution in [1.29, 1.82) is 0 Å². The third-order valence-electron chi connectivity index (χ3n) is 3.45. The molecule has 0 saturated heterocycles. The van der Waals surface area contributed by atoms with Crippen LogP contribution in [0.4, 0.5) is 0 Å². The maximum Gasteiger partial charge on any atom is 0.0459 e. The highest BCUT2D eigenvalue weighted by molar-refractivity contribution is 6.16. The summed E-state index contributed by atoms with van der Waals surface area (Å²) in [5, 5.41) is 6.59. The van der Waals surface area contributed by atoms with Gasteiger partial charge in [0, 0.05) is 17.1 Å². The molecule has 1 heteroatoms. The first-order valence-corrected chi connectivity index (χ1v) is 5.81. The van der Waals surface area contributed by atoms with E-state index in [1.807, 2.05) is 6.20 Å². The third-order valence-corrected chi connectivity index (χ3v) is 3.45. The van der Waals surface area contributed by atoms with Crippen molar-refractivity contribution >= 4 is 32.4 Å². The lowest BCUT2D eigenvalue weighted by atomic mass is 10.0. The number of H-pyrrole nitrogens is 1. The topological polar surface area (TPSA) is 15.8 Å². The van der Waals surface area contributed by atoms with Crippen LogP contribution in [-0.4, -0.2) is 4.98 Å². The van der Waals surface area contributed by atoms with Gasteiger partial charge in [-0.1, -0.05) is 42.5 Å². The second kappa shape index (κ2) is 3.11. The molecule has 4 aromatic rings. The van der Waals surface area contributed by atoms with Gasteiger partial charge in [0.05, 0.1) is 0 Å². The normalized spacial score (nSPS) is 11.5. The van der Waals surface area contributed by atoms with Crippen molar-refractivity contribution in [3.63, 3.8) is 0 Å². The molecule has 3 aromatic carbocycles. The number of hydrogen-bond donors (Lipinski definition) is 1. The molecule has 0 aliphatic rings. The molecule has 4 rings (SSSR count). The summed E-state index contributed by atoms with van der Waals surface area (Å²) in [4.78, 5) is 3.28. The molecular weight excluding hydrogens is 206 g/mol. The Kier molecular flexibility index (Phi) is 1.61. The Hall–Kier alpha value is -2.28. The first-order valence-electron chi connectivity index (χ1n) is 5.81. The summed E-state index contributed by atoms with van der Waals surface area (Å²) in [6.07, 6.45) is 1.97. The Morgan fingerprint density at radius 1 is 0.588 bits per heavy atom. The van der Waals surface area contributed by atoms with Crippen LogP contribution >= 0.6 is 0 Å². The molecule has 0 amide bonds. The van der Waals surface area contributed by atoms with E-state index in [9.17, 15) is 0 Å². The van der Waals surface area contributed by atoms with Gasteiger partial charge in [-0.15, -0.1) is 0 Å². The average Bonchev–Trinajstić information content (AvgIpc) is 2.86. The van der Waals surface area contributed by atoms with Gasteiger partial charge < -0.3 is 4.98 Å². The van der Waals surface area contributed by atoms with Gasteiger partial charge in [0.15, 0.2) is 0 Å². The second-order valence-corrected chi connectivity index (χ2v) is 4.39. The quantitative estimate of drug-likeness (QED) is 0.418. The van der Waals surface area contributed by atoms with E-state index in [-0.39, 0.29) is 0 Å². The van der Waals surface area contributed by atoms with E-state index in [1.54, 1.807) is 0 Å². The monoisotopic (exact) mass is 217 g/mol. The minimum atomic E-state index is 1.19. The van der Waals surface area contributed by atoms with E-state index in [2.05, 4.69) is 59.6 Å². The van der Waals surface area contributed by atoms with E-state index in [0.29, 0.717) is 0 Å². The summed E-state index contributed by atoms with van der Waals surface area (Å²) < 4.78 is 0. The Labute approximate surface area is 98.7 Å². The molecule has 0 fully saturated rings. The van der Waals surface area contributed by atoms with Gasteiger partial charge in [-0.25, -0.2) is 0 Å². The lowest BCUT2D eigenvalue weighted by molar-refractivity contribution is 1.42. The van der Waals surface area contributed by atoms with Crippen LogP contribution < -0.4 is 0 Å². The number of fused-ring (bicyclic) bond motifs is 5. The van der Waals surface area contributed by atoms with Gasteiger partial charge in [0.1, 0.15) is 0 Å². The van der Waals surface area contributed by atoms with Gasteiger partial charge >= 0.3 is 0 Å². The molecule has 1 heterocycles. The van der Waals surface area contributed by atoms with E-state index in [4.69, 9.17) is 0 Å². The van der Waals surface area contributed by atoms with Crippen LogP contribution in [-0.2, 0) is 0 Å². The van der Waals surface area contributed by atoms with Gasteiger partial charge in [-0.2, -0.15) is 0 Å². The largest absolute Gasteiger partial charge is 0.361 e. The number of nitrogens with one attached hydrogen (secondary N) is 1. The zero-order valence-corrected chi connectivity index (χ0v) is 9.27. The SMILES string of the molecule is c1cc2ccc3c4ccc[nH]c4ccc3c2c1. The molecule has 0 unspecified atom stereocenters. The van der Waals surface area contributed by atoms with Gasteiger partial charge in [0.2, 0.25) is 0 Å². The lowest BCUT2D eigenvalue weighted by Crippen LogP contribution is -1.80. The summed E-state index contributed by atoms with van der Waals surface area (Å²) in [6, 6.07) is 19.5. The second-order valence-electron chi connectivity index (χ2n) is 4.39. The van der Waals surface area contributed by atoms with Crippen LogP contribution in [0.1, 0.15) is 0 Å². The van der Waals surface area contributed by atoms with Crippen LogP contribution in [0.25, 0.3) is 32.4 Å². The van der Waals surface area contributed by atoms with Crippen molar-refractivity contribution in [2.45, 2.75) is 0 Å². The molecule has 0 bridgehead atoms. The van der Waals surface area contributed by atoms with E-state index in [0.717, 1.165) is 0 Å². The van der Waals surface area contributed by atoms with Crippen LogP contribution in [0.2, 0.25) is 0 Å². The number of aromatic nitrogens is 1. The molecule has 0 aliphatic carbocycles. The molecule has 0 atom stereocenters. The zero-order chi connectivity index (χ0) is 11.2. The first-order chi connectivity index (χ1) is 8.43. The standard InChI is InChI=1S/C16H11N/c1-3-11-6-7-14-13(12(11)4-1)8-9-16-15(14)5-2-10-17-16/h1-10,17H. The van der Waals surface area contributed by atoms with Crippen LogP contribution in [0, 0.1) is 0 Å². The number of rotatable bonds is 0. The maximum atomic E-state index is 3.28. The van der Waals surface area contributed by atoms with Crippen molar-refractivity contribution in [1.82, 2.24) is 4.98 Å². The number of pyridine rings is 1. The highest BCUT2D eigenvalue weighted by Crippen LogP contribution is 2.30. The number of hydrogen-bond acceptors (Lipinski definition) is 0. The Bertz CT molecular complexity index is 840. The van der Waals surface area contributed by atoms with E-state index in [1.165, 1.54) is 32.4 Å². The fourth-order valence-corrected chi connectivity index (χ4v) is 2.64. The predicted octanol–water partition coefficient (Wildman–Crippen LogP) is 4.47. The molecular formula is C16H11N. The highest BCUT2D eigenvalue weighted by atomic mass is 14.6. The summed E-state index contributed by atoms with van der Waals surface area (Å²) in [7, 11) is 0. The smallest absolute Gasteiger partial charge is 0.0459 e. The Morgan fingerprint density at radius 2 is 1.41 bits per heavy atom. The first kappa shape index (κ1) is 8.82. The highest BCUT2D eigenvalue weighted by Gasteiger charge is 2.03. The lowest BCUT2D eigenvalue weighted by Gasteiger charge is -2.05. The van der Waals surface area contributed by atoms with Crippen molar-refractivity contribution in [3.05, 3.63) is 60.8 Å². The molecule has 1 N–H and O–H groups in total. The molecule has 0 saturated carbocycles. The van der Waals surface area contributed by atoms with Crippen LogP contribution in [0.3, 0.4) is 0 Å². The molecule has 1 aromatic heterocycles. The van der Waals surface area contributed by atoms with Crippen molar-refractivity contribution in [2.24, 2.45) is 0 Å².